The Hall–Kier alpha value is -1.69. The zero-order chi connectivity index (χ0) is 13.0. The summed E-state index contributed by atoms with van der Waals surface area (Å²) >= 11 is 0. The van der Waals surface area contributed by atoms with E-state index in [2.05, 4.69) is 15.7 Å². The molecule has 0 amide bonds. The van der Waals surface area contributed by atoms with Gasteiger partial charge in [-0.2, -0.15) is 0 Å². The van der Waals surface area contributed by atoms with E-state index in [1.807, 2.05) is 0 Å². The number of guanidine groups is 1. The van der Waals surface area contributed by atoms with Crippen LogP contribution < -0.4 is 16.6 Å². The SMILES string of the molecule is NNC(=NC1CCCC1)Nc1cccc(F)c1F. The number of anilines is 1. The maximum atomic E-state index is 13.5. The zero-order valence-electron chi connectivity index (χ0n) is 9.92. The third-order valence-corrected chi connectivity index (χ3v) is 2.98. The third-order valence-electron chi connectivity index (χ3n) is 2.98. The predicted molar refractivity (Wildman–Crippen MR) is 67.0 cm³/mol. The van der Waals surface area contributed by atoms with Crippen LogP contribution in [-0.2, 0) is 0 Å². The standard InChI is InChI=1S/C12H16F2N4/c13-9-6-3-7-10(11(9)14)17-12(18-15)16-8-4-1-2-5-8/h3,6-8H,1-2,4-5,15H2,(H2,16,17,18). The number of hydrogen-bond acceptors (Lipinski definition) is 2. The highest BCUT2D eigenvalue weighted by Crippen LogP contribution is 2.21. The van der Waals surface area contributed by atoms with E-state index >= 15 is 0 Å². The van der Waals surface area contributed by atoms with Crippen molar-refractivity contribution in [2.24, 2.45) is 10.8 Å². The molecule has 1 saturated carbocycles. The van der Waals surface area contributed by atoms with Crippen LogP contribution in [0.2, 0.25) is 0 Å². The van der Waals surface area contributed by atoms with Gasteiger partial charge >= 0.3 is 0 Å². The van der Waals surface area contributed by atoms with Gasteiger partial charge in [0.25, 0.3) is 0 Å². The molecule has 4 nitrogen and oxygen atoms in total. The molecule has 0 aromatic heterocycles. The fourth-order valence-electron chi connectivity index (χ4n) is 2.05. The van der Waals surface area contributed by atoms with Crippen molar-refractivity contribution in [3.63, 3.8) is 0 Å². The Balaban J connectivity index is 2.12. The molecule has 1 aromatic carbocycles. The Morgan fingerprint density at radius 1 is 1.28 bits per heavy atom. The quantitative estimate of drug-likeness (QED) is 0.328. The summed E-state index contributed by atoms with van der Waals surface area (Å²) in [4.78, 5) is 4.34. The maximum Gasteiger partial charge on any atom is 0.210 e. The van der Waals surface area contributed by atoms with Crippen molar-refractivity contribution in [1.29, 1.82) is 0 Å². The van der Waals surface area contributed by atoms with Gasteiger partial charge in [-0.25, -0.2) is 19.6 Å². The number of nitrogens with one attached hydrogen (secondary N) is 2. The van der Waals surface area contributed by atoms with Crippen molar-refractivity contribution in [1.82, 2.24) is 5.43 Å². The minimum absolute atomic E-state index is 0.0182. The molecular formula is C12H16F2N4. The van der Waals surface area contributed by atoms with Crippen LogP contribution in [0, 0.1) is 11.6 Å². The van der Waals surface area contributed by atoms with Gasteiger partial charge in [-0.15, -0.1) is 0 Å². The second-order valence-electron chi connectivity index (χ2n) is 4.29. The second-order valence-corrected chi connectivity index (χ2v) is 4.29. The van der Waals surface area contributed by atoms with E-state index in [-0.39, 0.29) is 17.7 Å². The first kappa shape index (κ1) is 12.8. The summed E-state index contributed by atoms with van der Waals surface area (Å²) in [6.45, 7) is 0. The number of rotatable bonds is 2. The van der Waals surface area contributed by atoms with Gasteiger partial charge in [-0.05, 0) is 25.0 Å². The molecule has 98 valence electrons. The van der Waals surface area contributed by atoms with Crippen LogP contribution >= 0.6 is 0 Å². The molecule has 2 rings (SSSR count). The molecule has 18 heavy (non-hydrogen) atoms. The summed E-state index contributed by atoms with van der Waals surface area (Å²) in [5.74, 6) is 3.74. The van der Waals surface area contributed by atoms with E-state index in [1.165, 1.54) is 12.1 Å². The molecule has 0 saturated heterocycles. The molecule has 0 radical (unpaired) electrons. The van der Waals surface area contributed by atoms with Crippen LogP contribution in [0.15, 0.2) is 23.2 Å². The fraction of sp³-hybridized carbons (Fsp3) is 0.417. The number of nitrogens with two attached hydrogens (primary N) is 1. The van der Waals surface area contributed by atoms with Crippen LogP contribution in [0.1, 0.15) is 25.7 Å². The van der Waals surface area contributed by atoms with E-state index < -0.39 is 11.6 Å². The molecule has 0 aliphatic heterocycles. The van der Waals surface area contributed by atoms with Crippen molar-refractivity contribution in [3.8, 4) is 0 Å². The molecule has 0 heterocycles. The predicted octanol–water partition coefficient (Wildman–Crippen LogP) is 2.14. The van der Waals surface area contributed by atoms with E-state index in [0.29, 0.717) is 0 Å². The van der Waals surface area contributed by atoms with Crippen LogP contribution in [0.25, 0.3) is 0 Å². The first-order valence-corrected chi connectivity index (χ1v) is 5.96. The summed E-state index contributed by atoms with van der Waals surface area (Å²) in [5.41, 5.74) is 2.39. The Morgan fingerprint density at radius 3 is 2.67 bits per heavy atom. The first-order valence-electron chi connectivity index (χ1n) is 5.96. The van der Waals surface area contributed by atoms with Crippen molar-refractivity contribution in [3.05, 3.63) is 29.8 Å². The summed E-state index contributed by atoms with van der Waals surface area (Å²) in [5, 5.41) is 2.66. The van der Waals surface area contributed by atoms with Gasteiger partial charge in [-0.3, -0.25) is 5.43 Å². The molecular weight excluding hydrogens is 238 g/mol. The summed E-state index contributed by atoms with van der Waals surface area (Å²) in [6, 6.07) is 4.11. The number of halogens is 2. The minimum Gasteiger partial charge on any atom is -0.323 e. The van der Waals surface area contributed by atoms with Gasteiger partial charge in [0.1, 0.15) is 0 Å². The molecule has 0 spiro atoms. The minimum atomic E-state index is -0.938. The molecule has 0 bridgehead atoms. The van der Waals surface area contributed by atoms with Gasteiger partial charge in [0.2, 0.25) is 5.96 Å². The Labute approximate surface area is 104 Å². The first-order chi connectivity index (χ1) is 8.70. The lowest BCUT2D eigenvalue weighted by molar-refractivity contribution is 0.512. The van der Waals surface area contributed by atoms with Crippen molar-refractivity contribution >= 4 is 11.6 Å². The maximum absolute atomic E-state index is 13.5. The zero-order valence-corrected chi connectivity index (χ0v) is 9.92. The van der Waals surface area contributed by atoms with Crippen LogP contribution in [0.5, 0.6) is 0 Å². The average molecular weight is 254 g/mol. The van der Waals surface area contributed by atoms with Gasteiger partial charge in [0.15, 0.2) is 11.6 Å². The smallest absolute Gasteiger partial charge is 0.210 e. The van der Waals surface area contributed by atoms with Crippen LogP contribution in [-0.4, -0.2) is 12.0 Å². The molecule has 4 N–H and O–H groups in total. The lowest BCUT2D eigenvalue weighted by Gasteiger charge is -2.12. The van der Waals surface area contributed by atoms with Crippen molar-refractivity contribution < 1.29 is 8.78 Å². The normalized spacial score (nSPS) is 16.9. The average Bonchev–Trinajstić information content (AvgIpc) is 2.86. The number of hydrazine groups is 1. The summed E-state index contributed by atoms with van der Waals surface area (Å²) in [6.07, 6.45) is 4.28. The van der Waals surface area contributed by atoms with E-state index in [1.54, 1.807) is 0 Å². The molecule has 1 aromatic rings. The van der Waals surface area contributed by atoms with Gasteiger partial charge in [0, 0.05) is 0 Å². The van der Waals surface area contributed by atoms with Crippen molar-refractivity contribution in [2.75, 3.05) is 5.32 Å². The molecule has 0 atom stereocenters. The third kappa shape index (κ3) is 2.95. The molecule has 1 aliphatic rings. The lowest BCUT2D eigenvalue weighted by Crippen LogP contribution is -2.37. The van der Waals surface area contributed by atoms with Gasteiger partial charge in [-0.1, -0.05) is 18.9 Å². The number of hydrogen-bond donors (Lipinski definition) is 3. The van der Waals surface area contributed by atoms with Crippen LogP contribution in [0.3, 0.4) is 0 Å². The highest BCUT2D eigenvalue weighted by Gasteiger charge is 2.15. The van der Waals surface area contributed by atoms with Gasteiger partial charge < -0.3 is 5.32 Å². The van der Waals surface area contributed by atoms with Crippen molar-refractivity contribution in [2.45, 2.75) is 31.7 Å². The number of benzene rings is 1. The topological polar surface area (TPSA) is 62.4 Å². The van der Waals surface area contributed by atoms with E-state index in [4.69, 9.17) is 5.84 Å². The highest BCUT2D eigenvalue weighted by atomic mass is 19.2. The van der Waals surface area contributed by atoms with E-state index in [0.717, 1.165) is 31.7 Å². The monoisotopic (exact) mass is 254 g/mol. The molecule has 1 fully saturated rings. The van der Waals surface area contributed by atoms with Gasteiger partial charge in [0.05, 0.1) is 11.7 Å². The Kier molecular flexibility index (Phi) is 4.09. The molecule has 0 unspecified atom stereocenters. The largest absolute Gasteiger partial charge is 0.323 e. The summed E-state index contributed by atoms with van der Waals surface area (Å²) < 4.78 is 26.5. The molecule has 1 aliphatic carbocycles. The number of nitrogens with zero attached hydrogens (tertiary/aromatic N) is 1. The Morgan fingerprint density at radius 2 is 2.00 bits per heavy atom. The Bertz CT molecular complexity index is 442. The number of aliphatic imine (C=N–C) groups is 1. The van der Waals surface area contributed by atoms with Crippen LogP contribution in [0.4, 0.5) is 14.5 Å². The summed E-state index contributed by atoms with van der Waals surface area (Å²) in [7, 11) is 0. The van der Waals surface area contributed by atoms with E-state index in [9.17, 15) is 8.78 Å². The second kappa shape index (κ2) is 5.77. The fourth-order valence-corrected chi connectivity index (χ4v) is 2.05. The molecule has 6 heteroatoms. The highest BCUT2D eigenvalue weighted by molar-refractivity contribution is 5.93. The lowest BCUT2D eigenvalue weighted by atomic mass is 10.3.